The molecular formula is C20H25N5O2. The van der Waals surface area contributed by atoms with Crippen molar-refractivity contribution >= 4 is 16.8 Å². The maximum Gasteiger partial charge on any atom is 0.229 e. The SMILES string of the molecule is COCCn1cnnc1CCNC(=O)C1CCCc2c1[nH]c1ccccc21. The van der Waals surface area contributed by atoms with Crippen LogP contribution in [-0.4, -0.2) is 45.9 Å². The van der Waals surface area contributed by atoms with Crippen molar-refractivity contribution in [2.75, 3.05) is 20.3 Å². The topological polar surface area (TPSA) is 84.8 Å². The van der Waals surface area contributed by atoms with Gasteiger partial charge in [-0.05, 0) is 30.9 Å². The van der Waals surface area contributed by atoms with Crippen molar-refractivity contribution in [3.8, 4) is 0 Å². The first-order chi connectivity index (χ1) is 13.3. The van der Waals surface area contributed by atoms with Crippen LogP contribution in [0, 0.1) is 0 Å². The lowest BCUT2D eigenvalue weighted by atomic mass is 9.86. The van der Waals surface area contributed by atoms with Gasteiger partial charge in [-0.2, -0.15) is 0 Å². The first-order valence-electron chi connectivity index (χ1n) is 9.50. The van der Waals surface area contributed by atoms with Crippen LogP contribution in [-0.2, 0) is 28.9 Å². The van der Waals surface area contributed by atoms with Crippen LogP contribution in [0.2, 0.25) is 0 Å². The summed E-state index contributed by atoms with van der Waals surface area (Å²) in [4.78, 5) is 16.3. The molecule has 0 saturated heterocycles. The number of aromatic nitrogens is 4. The Morgan fingerprint density at radius 3 is 3.19 bits per heavy atom. The number of rotatable bonds is 7. The molecule has 0 saturated carbocycles. The summed E-state index contributed by atoms with van der Waals surface area (Å²) < 4.78 is 7.07. The van der Waals surface area contributed by atoms with Crippen LogP contribution in [0.4, 0.5) is 0 Å². The molecule has 1 amide bonds. The number of hydrogen-bond acceptors (Lipinski definition) is 4. The maximum absolute atomic E-state index is 12.8. The number of carbonyl (C=O) groups excluding carboxylic acids is 1. The summed E-state index contributed by atoms with van der Waals surface area (Å²) in [5.74, 6) is 0.847. The second-order valence-electron chi connectivity index (χ2n) is 6.98. The monoisotopic (exact) mass is 367 g/mol. The average molecular weight is 367 g/mol. The van der Waals surface area contributed by atoms with Gasteiger partial charge in [-0.25, -0.2) is 0 Å². The number of aromatic amines is 1. The molecule has 142 valence electrons. The minimum Gasteiger partial charge on any atom is -0.383 e. The van der Waals surface area contributed by atoms with Crippen LogP contribution in [0.25, 0.3) is 10.9 Å². The predicted molar refractivity (Wildman–Crippen MR) is 103 cm³/mol. The van der Waals surface area contributed by atoms with Crippen LogP contribution >= 0.6 is 0 Å². The lowest BCUT2D eigenvalue weighted by molar-refractivity contribution is -0.122. The Labute approximate surface area is 158 Å². The van der Waals surface area contributed by atoms with Gasteiger partial charge in [-0.15, -0.1) is 10.2 Å². The van der Waals surface area contributed by atoms with Crippen LogP contribution in [0.3, 0.4) is 0 Å². The average Bonchev–Trinajstić information content (AvgIpc) is 3.30. The summed E-state index contributed by atoms with van der Waals surface area (Å²) in [7, 11) is 1.67. The van der Waals surface area contributed by atoms with Gasteiger partial charge in [0.15, 0.2) is 0 Å². The molecule has 0 spiro atoms. The number of amides is 1. The molecule has 7 nitrogen and oxygen atoms in total. The normalized spacial score (nSPS) is 16.4. The smallest absolute Gasteiger partial charge is 0.229 e. The van der Waals surface area contributed by atoms with E-state index in [1.807, 2.05) is 10.6 Å². The first-order valence-corrected chi connectivity index (χ1v) is 9.50. The Kier molecular flexibility index (Phi) is 5.20. The highest BCUT2D eigenvalue weighted by atomic mass is 16.5. The molecule has 4 rings (SSSR count). The summed E-state index contributed by atoms with van der Waals surface area (Å²) >= 11 is 0. The largest absolute Gasteiger partial charge is 0.383 e. The fourth-order valence-electron chi connectivity index (χ4n) is 3.95. The van der Waals surface area contributed by atoms with Gasteiger partial charge in [0.1, 0.15) is 12.2 Å². The Balaban J connectivity index is 1.41. The van der Waals surface area contributed by atoms with E-state index in [1.54, 1.807) is 13.4 Å². The number of H-pyrrole nitrogens is 1. The Morgan fingerprint density at radius 1 is 1.41 bits per heavy atom. The van der Waals surface area contributed by atoms with Crippen LogP contribution in [0.15, 0.2) is 30.6 Å². The first kappa shape index (κ1) is 17.7. The van der Waals surface area contributed by atoms with Gasteiger partial charge >= 0.3 is 0 Å². The molecule has 2 N–H and O–H groups in total. The fourth-order valence-corrected chi connectivity index (χ4v) is 3.95. The van der Waals surface area contributed by atoms with Gasteiger partial charge < -0.3 is 19.6 Å². The number of benzene rings is 1. The van der Waals surface area contributed by atoms with Gasteiger partial charge in [0.2, 0.25) is 5.91 Å². The number of nitrogens with zero attached hydrogens (tertiary/aromatic N) is 3. The minimum absolute atomic E-state index is 0.0884. The van der Waals surface area contributed by atoms with E-state index in [4.69, 9.17) is 4.74 Å². The third kappa shape index (κ3) is 3.60. The number of nitrogens with one attached hydrogen (secondary N) is 2. The molecule has 1 atom stereocenters. The van der Waals surface area contributed by atoms with E-state index in [0.29, 0.717) is 26.1 Å². The highest BCUT2D eigenvalue weighted by molar-refractivity contribution is 5.90. The van der Waals surface area contributed by atoms with E-state index < -0.39 is 0 Å². The highest BCUT2D eigenvalue weighted by Crippen LogP contribution is 2.36. The summed E-state index contributed by atoms with van der Waals surface area (Å²) in [5.41, 5.74) is 3.51. The molecule has 1 aliphatic carbocycles. The number of methoxy groups -OCH3 is 1. The molecule has 0 aliphatic heterocycles. The Bertz CT molecular complexity index is 929. The number of aryl methyl sites for hydroxylation is 1. The van der Waals surface area contributed by atoms with Crippen molar-refractivity contribution in [3.05, 3.63) is 47.7 Å². The lowest BCUT2D eigenvalue weighted by Gasteiger charge is -2.22. The molecule has 0 fully saturated rings. The standard InChI is InChI=1S/C20H25N5O2/c1-27-12-11-25-13-22-24-18(25)9-10-21-20(26)16-7-4-6-15-14-5-2-3-8-17(14)23-19(15)16/h2-3,5,8,13,16,23H,4,6-7,9-12H2,1H3,(H,21,26). The molecule has 2 heterocycles. The Morgan fingerprint density at radius 2 is 2.30 bits per heavy atom. The van der Waals surface area contributed by atoms with E-state index in [-0.39, 0.29) is 11.8 Å². The zero-order chi connectivity index (χ0) is 18.6. The zero-order valence-electron chi connectivity index (χ0n) is 15.6. The molecule has 0 bridgehead atoms. The molecule has 0 radical (unpaired) electrons. The number of hydrogen-bond donors (Lipinski definition) is 2. The van der Waals surface area contributed by atoms with Crippen LogP contribution in [0.5, 0.6) is 0 Å². The van der Waals surface area contributed by atoms with Crippen LogP contribution < -0.4 is 5.32 Å². The van der Waals surface area contributed by atoms with E-state index in [0.717, 1.165) is 36.3 Å². The molecule has 2 aromatic heterocycles. The molecular weight excluding hydrogens is 342 g/mol. The molecule has 3 aromatic rings. The molecule has 1 aromatic carbocycles. The lowest BCUT2D eigenvalue weighted by Crippen LogP contribution is -2.33. The van der Waals surface area contributed by atoms with Crippen molar-refractivity contribution in [1.29, 1.82) is 0 Å². The van der Waals surface area contributed by atoms with Crippen molar-refractivity contribution < 1.29 is 9.53 Å². The van der Waals surface area contributed by atoms with Crippen LogP contribution in [0.1, 0.15) is 35.8 Å². The number of fused-ring (bicyclic) bond motifs is 3. The van der Waals surface area contributed by atoms with E-state index in [9.17, 15) is 4.79 Å². The molecule has 1 unspecified atom stereocenters. The van der Waals surface area contributed by atoms with Gasteiger partial charge in [0.05, 0.1) is 12.5 Å². The maximum atomic E-state index is 12.8. The quantitative estimate of drug-likeness (QED) is 0.670. The van der Waals surface area contributed by atoms with Crippen molar-refractivity contribution in [2.45, 2.75) is 38.1 Å². The predicted octanol–water partition coefficient (Wildman–Crippen LogP) is 2.18. The van der Waals surface area contributed by atoms with Crippen molar-refractivity contribution in [3.63, 3.8) is 0 Å². The second kappa shape index (κ2) is 7.92. The van der Waals surface area contributed by atoms with E-state index >= 15 is 0 Å². The number of ether oxygens (including phenoxy) is 1. The summed E-state index contributed by atoms with van der Waals surface area (Å²) in [6.07, 6.45) is 5.31. The molecule has 27 heavy (non-hydrogen) atoms. The number of carbonyl (C=O) groups is 1. The van der Waals surface area contributed by atoms with Gasteiger partial charge in [-0.1, -0.05) is 18.2 Å². The fraction of sp³-hybridized carbons (Fsp3) is 0.450. The van der Waals surface area contributed by atoms with Gasteiger partial charge in [0.25, 0.3) is 0 Å². The van der Waals surface area contributed by atoms with Gasteiger partial charge in [-0.3, -0.25) is 4.79 Å². The third-order valence-corrected chi connectivity index (χ3v) is 5.31. The number of para-hydroxylation sites is 1. The highest BCUT2D eigenvalue weighted by Gasteiger charge is 2.29. The third-order valence-electron chi connectivity index (χ3n) is 5.31. The van der Waals surface area contributed by atoms with Crippen molar-refractivity contribution in [1.82, 2.24) is 25.1 Å². The van der Waals surface area contributed by atoms with Gasteiger partial charge in [0, 0.05) is 43.2 Å². The summed E-state index contributed by atoms with van der Waals surface area (Å²) in [6, 6.07) is 8.30. The molecule has 7 heteroatoms. The Hall–Kier alpha value is -2.67. The second-order valence-corrected chi connectivity index (χ2v) is 6.98. The summed E-state index contributed by atoms with van der Waals surface area (Å²) in [5, 5.41) is 12.4. The van der Waals surface area contributed by atoms with E-state index in [2.05, 4.69) is 38.7 Å². The van der Waals surface area contributed by atoms with Crippen molar-refractivity contribution in [2.24, 2.45) is 0 Å². The van der Waals surface area contributed by atoms with E-state index in [1.165, 1.54) is 10.9 Å². The minimum atomic E-state index is -0.104. The summed E-state index contributed by atoms with van der Waals surface area (Å²) in [6.45, 7) is 1.88. The molecule has 1 aliphatic rings. The zero-order valence-corrected chi connectivity index (χ0v) is 15.6.